The minimum Gasteiger partial charge on any atom is -0.340 e. The second-order valence-electron chi connectivity index (χ2n) is 6.92. The van der Waals surface area contributed by atoms with E-state index in [-0.39, 0.29) is 5.91 Å². The lowest BCUT2D eigenvalue weighted by Crippen LogP contribution is -2.53. The first-order chi connectivity index (χ1) is 11.1. The van der Waals surface area contributed by atoms with Crippen LogP contribution in [0.4, 0.5) is 0 Å². The molecule has 0 spiro atoms. The van der Waals surface area contributed by atoms with Crippen LogP contribution in [0.3, 0.4) is 0 Å². The molecule has 2 saturated heterocycles. The van der Waals surface area contributed by atoms with Gasteiger partial charge in [-0.1, -0.05) is 13.0 Å². The van der Waals surface area contributed by atoms with Crippen molar-refractivity contribution in [2.45, 2.75) is 26.3 Å². The van der Waals surface area contributed by atoms with Crippen molar-refractivity contribution in [2.24, 2.45) is 5.92 Å². The van der Waals surface area contributed by atoms with E-state index in [0.29, 0.717) is 12.0 Å². The second kappa shape index (κ2) is 7.41. The van der Waals surface area contributed by atoms with Crippen molar-refractivity contribution in [3.63, 3.8) is 0 Å². The number of carbonyl (C=O) groups excluding carboxylic acids is 1. The predicted molar refractivity (Wildman–Crippen MR) is 91.2 cm³/mol. The molecule has 3 rings (SSSR count). The smallest absolute Gasteiger partial charge is 0.219 e. The number of hydrogen-bond acceptors (Lipinski definition) is 4. The minimum absolute atomic E-state index is 0.209. The highest BCUT2D eigenvalue weighted by molar-refractivity contribution is 5.73. The molecule has 0 unspecified atom stereocenters. The van der Waals surface area contributed by atoms with Crippen LogP contribution in [0.25, 0.3) is 0 Å². The van der Waals surface area contributed by atoms with Crippen LogP contribution in [0.5, 0.6) is 0 Å². The Kier molecular flexibility index (Phi) is 5.28. The Labute approximate surface area is 139 Å². The van der Waals surface area contributed by atoms with E-state index in [2.05, 4.69) is 33.8 Å². The van der Waals surface area contributed by atoms with Gasteiger partial charge in [0.25, 0.3) is 0 Å². The highest BCUT2D eigenvalue weighted by Crippen LogP contribution is 2.23. The van der Waals surface area contributed by atoms with Crippen LogP contribution in [0.1, 0.15) is 19.5 Å². The highest BCUT2D eigenvalue weighted by Gasteiger charge is 2.35. The zero-order valence-corrected chi connectivity index (χ0v) is 14.3. The highest BCUT2D eigenvalue weighted by atomic mass is 16.2. The van der Waals surface area contributed by atoms with Crippen LogP contribution in [0, 0.1) is 5.92 Å². The molecule has 0 radical (unpaired) electrons. The maximum absolute atomic E-state index is 11.5. The molecule has 5 nitrogen and oxygen atoms in total. The summed E-state index contributed by atoms with van der Waals surface area (Å²) in [6.07, 6.45) is 2.90. The lowest BCUT2D eigenvalue weighted by Gasteiger charge is -2.39. The first kappa shape index (κ1) is 16.4. The molecule has 1 aromatic heterocycles. The minimum atomic E-state index is 0.209. The molecule has 0 aliphatic carbocycles. The molecule has 2 aliphatic rings. The summed E-state index contributed by atoms with van der Waals surface area (Å²) >= 11 is 0. The molecule has 2 aliphatic heterocycles. The number of pyridine rings is 1. The molecule has 0 aromatic carbocycles. The maximum Gasteiger partial charge on any atom is 0.219 e. The Hall–Kier alpha value is -1.46. The van der Waals surface area contributed by atoms with Gasteiger partial charge in [-0.3, -0.25) is 14.7 Å². The summed E-state index contributed by atoms with van der Waals surface area (Å²) in [5, 5.41) is 0. The number of likely N-dealkylation sites (tertiary alicyclic amines) is 1. The first-order valence-electron chi connectivity index (χ1n) is 8.75. The van der Waals surface area contributed by atoms with Gasteiger partial charge in [0.1, 0.15) is 0 Å². The van der Waals surface area contributed by atoms with Crippen molar-refractivity contribution in [1.82, 2.24) is 19.7 Å². The van der Waals surface area contributed by atoms with E-state index < -0.39 is 0 Å². The third kappa shape index (κ3) is 4.09. The topological polar surface area (TPSA) is 39.7 Å². The van der Waals surface area contributed by atoms with E-state index in [4.69, 9.17) is 0 Å². The molecule has 0 bridgehead atoms. The van der Waals surface area contributed by atoms with Gasteiger partial charge in [0.2, 0.25) is 5.91 Å². The summed E-state index contributed by atoms with van der Waals surface area (Å²) in [6.45, 7) is 11.2. The average Bonchev–Trinajstić information content (AvgIpc) is 2.95. The number of piperazine rings is 1. The van der Waals surface area contributed by atoms with Gasteiger partial charge in [-0.25, -0.2) is 0 Å². The lowest BCUT2D eigenvalue weighted by atomic mass is 10.0. The van der Waals surface area contributed by atoms with Gasteiger partial charge in [-0.05, 0) is 18.1 Å². The normalized spacial score (nSPS) is 26.6. The van der Waals surface area contributed by atoms with E-state index in [1.165, 1.54) is 12.2 Å². The van der Waals surface area contributed by atoms with E-state index in [0.717, 1.165) is 45.7 Å². The van der Waals surface area contributed by atoms with Crippen LogP contribution in [0.2, 0.25) is 0 Å². The van der Waals surface area contributed by atoms with Gasteiger partial charge in [0.05, 0.1) is 0 Å². The third-order valence-corrected chi connectivity index (χ3v) is 5.29. The van der Waals surface area contributed by atoms with Crippen molar-refractivity contribution in [2.75, 3.05) is 45.8 Å². The van der Waals surface area contributed by atoms with Gasteiger partial charge in [-0.2, -0.15) is 0 Å². The van der Waals surface area contributed by atoms with E-state index >= 15 is 0 Å². The average molecular weight is 316 g/mol. The number of amides is 1. The quantitative estimate of drug-likeness (QED) is 0.834. The second-order valence-corrected chi connectivity index (χ2v) is 6.92. The Morgan fingerprint density at radius 2 is 2.00 bits per heavy atom. The standard InChI is InChI=1S/C18H28N4O/c1-15-13-20(8-6-17-5-3-4-7-19-17)14-18(15)22-11-9-21(10-12-22)16(2)23/h3-5,7,15,18H,6,8-14H2,1-2H3/t15-,18-/m0/s1. The van der Waals surface area contributed by atoms with E-state index in [9.17, 15) is 4.79 Å². The van der Waals surface area contributed by atoms with Gasteiger partial charge in [0, 0.05) is 77.1 Å². The molecule has 5 heteroatoms. The predicted octanol–water partition coefficient (Wildman–Crippen LogP) is 1.11. The molecule has 2 atom stereocenters. The molecule has 3 heterocycles. The lowest BCUT2D eigenvalue weighted by molar-refractivity contribution is -0.130. The first-order valence-corrected chi connectivity index (χ1v) is 8.75. The van der Waals surface area contributed by atoms with Crippen molar-refractivity contribution >= 4 is 5.91 Å². The van der Waals surface area contributed by atoms with Crippen molar-refractivity contribution in [1.29, 1.82) is 0 Å². The molecule has 0 saturated carbocycles. The Morgan fingerprint density at radius 3 is 2.65 bits per heavy atom. The van der Waals surface area contributed by atoms with Crippen LogP contribution in [-0.4, -0.2) is 77.4 Å². The third-order valence-electron chi connectivity index (χ3n) is 5.29. The molecule has 1 amide bonds. The molecular formula is C18H28N4O. The monoisotopic (exact) mass is 316 g/mol. The van der Waals surface area contributed by atoms with E-state index in [1.54, 1.807) is 6.92 Å². The van der Waals surface area contributed by atoms with Crippen molar-refractivity contribution in [3.05, 3.63) is 30.1 Å². The molecule has 126 valence electrons. The van der Waals surface area contributed by atoms with Crippen molar-refractivity contribution in [3.8, 4) is 0 Å². The Morgan fingerprint density at radius 1 is 1.22 bits per heavy atom. The number of hydrogen-bond donors (Lipinski definition) is 0. The SMILES string of the molecule is CC(=O)N1CCN([C@H]2CN(CCc3ccccn3)C[C@@H]2C)CC1. The van der Waals surface area contributed by atoms with E-state index in [1.807, 2.05) is 17.2 Å². The Bertz CT molecular complexity index is 513. The summed E-state index contributed by atoms with van der Waals surface area (Å²) in [5.41, 5.74) is 1.18. The molecule has 1 aromatic rings. The summed E-state index contributed by atoms with van der Waals surface area (Å²) < 4.78 is 0. The molecule has 2 fully saturated rings. The Balaban J connectivity index is 1.48. The van der Waals surface area contributed by atoms with Crippen LogP contribution in [0.15, 0.2) is 24.4 Å². The maximum atomic E-state index is 11.5. The van der Waals surface area contributed by atoms with Crippen LogP contribution < -0.4 is 0 Å². The summed E-state index contributed by atoms with van der Waals surface area (Å²) in [6, 6.07) is 6.77. The molecule has 0 N–H and O–H groups in total. The number of aromatic nitrogens is 1. The van der Waals surface area contributed by atoms with Crippen LogP contribution in [-0.2, 0) is 11.2 Å². The summed E-state index contributed by atoms with van der Waals surface area (Å²) in [4.78, 5) is 23.0. The van der Waals surface area contributed by atoms with Gasteiger partial charge < -0.3 is 9.80 Å². The number of carbonyl (C=O) groups is 1. The largest absolute Gasteiger partial charge is 0.340 e. The fourth-order valence-electron chi connectivity index (χ4n) is 3.89. The molecular weight excluding hydrogens is 288 g/mol. The summed E-state index contributed by atoms with van der Waals surface area (Å²) in [5.74, 6) is 0.906. The zero-order valence-electron chi connectivity index (χ0n) is 14.3. The zero-order chi connectivity index (χ0) is 16.2. The van der Waals surface area contributed by atoms with Crippen molar-refractivity contribution < 1.29 is 4.79 Å². The fraction of sp³-hybridized carbons (Fsp3) is 0.667. The molecule has 23 heavy (non-hydrogen) atoms. The van der Waals surface area contributed by atoms with Gasteiger partial charge in [-0.15, -0.1) is 0 Å². The number of rotatable bonds is 4. The van der Waals surface area contributed by atoms with Crippen LogP contribution >= 0.6 is 0 Å². The van der Waals surface area contributed by atoms with Gasteiger partial charge >= 0.3 is 0 Å². The number of nitrogens with zero attached hydrogens (tertiary/aromatic N) is 4. The summed E-state index contributed by atoms with van der Waals surface area (Å²) in [7, 11) is 0. The van der Waals surface area contributed by atoms with Gasteiger partial charge in [0.15, 0.2) is 0 Å². The fourth-order valence-corrected chi connectivity index (χ4v) is 3.89.